The third kappa shape index (κ3) is 2.69. The molecule has 2 nitrogen and oxygen atoms in total. The maximum Gasteiger partial charge on any atom is 0.200 e. The van der Waals surface area contributed by atoms with Gasteiger partial charge in [-0.3, -0.25) is 4.79 Å². The smallest absolute Gasteiger partial charge is 0.200 e. The molecule has 0 N–H and O–H groups in total. The van der Waals surface area contributed by atoms with Crippen molar-refractivity contribution in [2.24, 2.45) is 0 Å². The fourth-order valence-electron chi connectivity index (χ4n) is 2.18. The highest BCUT2D eigenvalue weighted by atomic mass is 35.5. The minimum Gasteiger partial charge on any atom is -0.495 e. The van der Waals surface area contributed by atoms with E-state index in [0.29, 0.717) is 26.3 Å². The Morgan fingerprint density at radius 3 is 2.67 bits per heavy atom. The number of thioether (sulfide) groups is 1. The van der Waals surface area contributed by atoms with Gasteiger partial charge in [-0.2, -0.15) is 0 Å². The molecule has 5 heteroatoms. The molecule has 1 heterocycles. The van der Waals surface area contributed by atoms with Crippen molar-refractivity contribution in [3.63, 3.8) is 0 Å². The topological polar surface area (TPSA) is 26.3 Å². The molecular weight excluding hydrogens is 327 g/mol. The molecule has 0 unspecified atom stereocenters. The maximum atomic E-state index is 12.4. The van der Waals surface area contributed by atoms with Gasteiger partial charge in [-0.1, -0.05) is 47.1 Å². The molecule has 106 valence electrons. The predicted octanol–water partition coefficient (Wildman–Crippen LogP) is 5.33. The minimum absolute atomic E-state index is 0.00810. The Labute approximate surface area is 136 Å². The van der Waals surface area contributed by atoms with Crippen LogP contribution < -0.4 is 4.74 Å². The van der Waals surface area contributed by atoms with Gasteiger partial charge in [0.1, 0.15) is 5.75 Å². The van der Waals surface area contributed by atoms with E-state index in [1.165, 1.54) is 18.9 Å². The fraction of sp³-hybridized carbons (Fsp3) is 0.0625. The molecule has 0 bridgehead atoms. The Morgan fingerprint density at radius 1 is 1.19 bits per heavy atom. The zero-order valence-corrected chi connectivity index (χ0v) is 13.4. The summed E-state index contributed by atoms with van der Waals surface area (Å²) in [4.78, 5) is 14.0. The summed E-state index contributed by atoms with van der Waals surface area (Å²) in [5.74, 6) is 0.520. The van der Waals surface area contributed by atoms with E-state index in [0.717, 1.165) is 10.5 Å². The van der Waals surface area contributed by atoms with Gasteiger partial charge in [-0.15, -0.1) is 0 Å². The summed E-state index contributed by atoms with van der Waals surface area (Å²) in [6.45, 7) is 0. The van der Waals surface area contributed by atoms with Gasteiger partial charge in [0.05, 0.1) is 17.0 Å². The van der Waals surface area contributed by atoms with Gasteiger partial charge in [-0.25, -0.2) is 0 Å². The number of hydrogen-bond acceptors (Lipinski definition) is 3. The van der Waals surface area contributed by atoms with Crippen LogP contribution in [0.25, 0.3) is 6.08 Å². The van der Waals surface area contributed by atoms with Crippen LogP contribution in [0.4, 0.5) is 0 Å². The minimum atomic E-state index is 0.00810. The summed E-state index contributed by atoms with van der Waals surface area (Å²) in [5, 5.41) is 0.922. The normalized spacial score (nSPS) is 15.4. The molecule has 0 radical (unpaired) electrons. The summed E-state index contributed by atoms with van der Waals surface area (Å²) in [7, 11) is 1.54. The van der Waals surface area contributed by atoms with Crippen molar-refractivity contribution in [1.29, 1.82) is 0 Å². The first-order valence-corrected chi connectivity index (χ1v) is 7.73. The molecular formula is C16H10Cl2O2S. The zero-order chi connectivity index (χ0) is 15.0. The highest BCUT2D eigenvalue weighted by Crippen LogP contribution is 2.42. The lowest BCUT2D eigenvalue weighted by atomic mass is 10.1. The van der Waals surface area contributed by atoms with E-state index >= 15 is 0 Å². The van der Waals surface area contributed by atoms with Gasteiger partial charge >= 0.3 is 0 Å². The third-order valence-electron chi connectivity index (χ3n) is 3.10. The van der Waals surface area contributed by atoms with Crippen LogP contribution in [-0.2, 0) is 0 Å². The second kappa shape index (κ2) is 5.76. The Hall–Kier alpha value is -1.42. The van der Waals surface area contributed by atoms with Crippen molar-refractivity contribution in [3.8, 4) is 5.75 Å². The zero-order valence-electron chi connectivity index (χ0n) is 11.0. The molecule has 0 aliphatic carbocycles. The average molecular weight is 337 g/mol. The first kappa shape index (κ1) is 14.5. The molecule has 0 aromatic heterocycles. The number of methoxy groups -OCH3 is 1. The molecule has 0 saturated heterocycles. The predicted molar refractivity (Wildman–Crippen MR) is 87.6 cm³/mol. The van der Waals surface area contributed by atoms with E-state index < -0.39 is 0 Å². The van der Waals surface area contributed by atoms with Crippen LogP contribution in [0, 0.1) is 0 Å². The molecule has 1 aliphatic rings. The standard InChI is InChI=1S/C16H10Cl2O2S/c1-20-16-9(6-10(17)8-12(16)18)7-14-15(19)11-4-2-3-5-13(11)21-14/h2-8H,1H3/b14-7-. The van der Waals surface area contributed by atoms with Gasteiger partial charge in [0.2, 0.25) is 5.78 Å². The number of benzene rings is 2. The summed E-state index contributed by atoms with van der Waals surface area (Å²) in [5.41, 5.74) is 1.42. The third-order valence-corrected chi connectivity index (χ3v) is 4.70. The number of allylic oxidation sites excluding steroid dienone is 1. The Balaban J connectivity index is 2.07. The number of carbonyl (C=O) groups excluding carboxylic acids is 1. The Kier molecular flexibility index (Phi) is 3.98. The highest BCUT2D eigenvalue weighted by Gasteiger charge is 2.25. The SMILES string of the molecule is COc1c(Cl)cc(Cl)cc1/C=C1\Sc2ccccc2C1=O. The number of ether oxygens (including phenoxy) is 1. The van der Waals surface area contributed by atoms with Gasteiger partial charge < -0.3 is 4.74 Å². The molecule has 3 rings (SSSR count). The molecule has 0 atom stereocenters. The van der Waals surface area contributed by atoms with Crippen LogP contribution in [-0.4, -0.2) is 12.9 Å². The van der Waals surface area contributed by atoms with Crippen molar-refractivity contribution in [3.05, 3.63) is 62.5 Å². The van der Waals surface area contributed by atoms with Gasteiger partial charge in [0, 0.05) is 21.0 Å². The molecule has 0 fully saturated rings. The first-order chi connectivity index (χ1) is 10.1. The van der Waals surface area contributed by atoms with E-state index in [9.17, 15) is 4.79 Å². The molecule has 1 aliphatic heterocycles. The average Bonchev–Trinajstić information content (AvgIpc) is 2.76. The lowest BCUT2D eigenvalue weighted by Gasteiger charge is -2.08. The van der Waals surface area contributed by atoms with Crippen molar-refractivity contribution in [2.45, 2.75) is 4.90 Å². The molecule has 21 heavy (non-hydrogen) atoms. The van der Waals surface area contributed by atoms with Crippen molar-refractivity contribution >= 4 is 46.8 Å². The lowest BCUT2D eigenvalue weighted by Crippen LogP contribution is -1.95. The van der Waals surface area contributed by atoms with Crippen LogP contribution in [0.1, 0.15) is 15.9 Å². The van der Waals surface area contributed by atoms with Gasteiger partial charge in [0.25, 0.3) is 0 Å². The number of fused-ring (bicyclic) bond motifs is 1. The van der Waals surface area contributed by atoms with Crippen LogP contribution in [0.5, 0.6) is 5.75 Å². The molecule has 0 amide bonds. The Bertz CT molecular complexity index is 769. The van der Waals surface area contributed by atoms with Crippen LogP contribution in [0.2, 0.25) is 10.0 Å². The quantitative estimate of drug-likeness (QED) is 0.693. The number of hydrogen-bond donors (Lipinski definition) is 0. The largest absolute Gasteiger partial charge is 0.495 e. The maximum absolute atomic E-state index is 12.4. The summed E-state index contributed by atoms with van der Waals surface area (Å²) in [6.07, 6.45) is 1.77. The van der Waals surface area contributed by atoms with E-state index in [-0.39, 0.29) is 5.78 Å². The number of ketones is 1. The number of halogens is 2. The van der Waals surface area contributed by atoms with E-state index in [1.54, 1.807) is 18.2 Å². The van der Waals surface area contributed by atoms with Gasteiger partial charge in [0.15, 0.2) is 0 Å². The van der Waals surface area contributed by atoms with E-state index in [1.807, 2.05) is 24.3 Å². The molecule has 2 aromatic rings. The number of rotatable bonds is 2. The summed E-state index contributed by atoms with van der Waals surface area (Å²) >= 11 is 13.6. The van der Waals surface area contributed by atoms with Crippen molar-refractivity contribution in [1.82, 2.24) is 0 Å². The van der Waals surface area contributed by atoms with E-state index in [2.05, 4.69) is 0 Å². The summed E-state index contributed by atoms with van der Waals surface area (Å²) < 4.78 is 5.30. The number of Topliss-reactive ketones (excluding diaryl/α,β-unsaturated/α-hetero) is 1. The van der Waals surface area contributed by atoms with E-state index in [4.69, 9.17) is 27.9 Å². The van der Waals surface area contributed by atoms with Gasteiger partial charge in [-0.05, 0) is 30.3 Å². The molecule has 0 spiro atoms. The second-order valence-electron chi connectivity index (χ2n) is 4.45. The monoisotopic (exact) mass is 336 g/mol. The van der Waals surface area contributed by atoms with Crippen molar-refractivity contribution < 1.29 is 9.53 Å². The molecule has 2 aromatic carbocycles. The lowest BCUT2D eigenvalue weighted by molar-refractivity contribution is 0.104. The van der Waals surface area contributed by atoms with Crippen LogP contribution in [0.3, 0.4) is 0 Å². The fourth-order valence-corrected chi connectivity index (χ4v) is 3.81. The van der Waals surface area contributed by atoms with Crippen LogP contribution >= 0.6 is 35.0 Å². The van der Waals surface area contributed by atoms with Crippen molar-refractivity contribution in [2.75, 3.05) is 7.11 Å². The first-order valence-electron chi connectivity index (χ1n) is 6.16. The number of carbonyl (C=O) groups is 1. The van der Waals surface area contributed by atoms with Crippen LogP contribution in [0.15, 0.2) is 46.2 Å². The Morgan fingerprint density at radius 2 is 1.95 bits per heavy atom. The molecule has 0 saturated carbocycles. The summed E-state index contributed by atoms with van der Waals surface area (Å²) in [6, 6.07) is 10.9. The highest BCUT2D eigenvalue weighted by molar-refractivity contribution is 8.04. The second-order valence-corrected chi connectivity index (χ2v) is 6.37.